The fraction of sp³-hybridized carbons (Fsp3) is 0.667. The van der Waals surface area contributed by atoms with Gasteiger partial charge in [-0.15, -0.1) is 0 Å². The monoisotopic (exact) mass is 262 g/mol. The predicted octanol–water partition coefficient (Wildman–Crippen LogP) is 3.01. The minimum Gasteiger partial charge on any atom is -0.481 e. The van der Waals surface area contributed by atoms with Crippen molar-refractivity contribution in [3.63, 3.8) is 0 Å². The molecule has 2 unspecified atom stereocenters. The van der Waals surface area contributed by atoms with Crippen molar-refractivity contribution in [2.75, 3.05) is 0 Å². The molecule has 19 heavy (non-hydrogen) atoms. The van der Waals surface area contributed by atoms with Crippen molar-refractivity contribution in [2.24, 2.45) is 5.92 Å². The molecule has 1 aliphatic carbocycles. The lowest BCUT2D eigenvalue weighted by Gasteiger charge is -2.13. The SMILES string of the molecule is Cc1nc(C2CCC(C)C2)nc(C)c1CCC(=O)O. The van der Waals surface area contributed by atoms with E-state index in [1.807, 2.05) is 13.8 Å². The van der Waals surface area contributed by atoms with E-state index < -0.39 is 5.97 Å². The summed E-state index contributed by atoms with van der Waals surface area (Å²) in [5, 5.41) is 8.77. The first kappa shape index (κ1) is 14.0. The van der Waals surface area contributed by atoms with Crippen LogP contribution in [0.5, 0.6) is 0 Å². The van der Waals surface area contributed by atoms with Crippen LogP contribution >= 0.6 is 0 Å². The Morgan fingerprint density at radius 1 is 1.26 bits per heavy atom. The van der Waals surface area contributed by atoms with E-state index in [1.54, 1.807) is 0 Å². The summed E-state index contributed by atoms with van der Waals surface area (Å²) in [5.74, 6) is 1.44. The Kier molecular flexibility index (Phi) is 4.17. The Morgan fingerprint density at radius 2 is 1.89 bits per heavy atom. The quantitative estimate of drug-likeness (QED) is 0.906. The summed E-state index contributed by atoms with van der Waals surface area (Å²) in [6.45, 7) is 6.21. The molecular formula is C15H22N2O2. The lowest BCUT2D eigenvalue weighted by atomic mass is 10.0. The molecule has 0 radical (unpaired) electrons. The summed E-state index contributed by atoms with van der Waals surface area (Å²) >= 11 is 0. The van der Waals surface area contributed by atoms with E-state index in [2.05, 4.69) is 16.9 Å². The number of hydrogen-bond donors (Lipinski definition) is 1. The molecule has 1 aromatic rings. The first-order valence-corrected chi connectivity index (χ1v) is 7.03. The van der Waals surface area contributed by atoms with Gasteiger partial charge in [0.15, 0.2) is 0 Å². The van der Waals surface area contributed by atoms with Crippen LogP contribution in [0.1, 0.15) is 61.3 Å². The molecule has 2 atom stereocenters. The largest absolute Gasteiger partial charge is 0.481 e. The average molecular weight is 262 g/mol. The second-order valence-electron chi connectivity index (χ2n) is 5.74. The van der Waals surface area contributed by atoms with Crippen LogP contribution in [0.4, 0.5) is 0 Å². The molecule has 1 aromatic heterocycles. The maximum absolute atomic E-state index is 10.7. The molecule has 104 valence electrons. The number of rotatable bonds is 4. The van der Waals surface area contributed by atoms with Crippen LogP contribution in [-0.2, 0) is 11.2 Å². The zero-order valence-electron chi connectivity index (χ0n) is 11.9. The summed E-state index contributed by atoms with van der Waals surface area (Å²) in [6, 6.07) is 0. The number of carbonyl (C=O) groups is 1. The highest BCUT2D eigenvalue weighted by molar-refractivity contribution is 5.67. The van der Waals surface area contributed by atoms with Crippen LogP contribution < -0.4 is 0 Å². The lowest BCUT2D eigenvalue weighted by molar-refractivity contribution is -0.136. The van der Waals surface area contributed by atoms with Crippen LogP contribution in [0.25, 0.3) is 0 Å². The zero-order chi connectivity index (χ0) is 14.0. The lowest BCUT2D eigenvalue weighted by Crippen LogP contribution is -2.09. The first-order chi connectivity index (χ1) is 8.97. The molecule has 1 aliphatic rings. The van der Waals surface area contributed by atoms with Crippen molar-refractivity contribution in [1.82, 2.24) is 9.97 Å². The third-order valence-corrected chi connectivity index (χ3v) is 4.09. The van der Waals surface area contributed by atoms with E-state index in [-0.39, 0.29) is 6.42 Å². The normalized spacial score (nSPS) is 22.7. The number of aryl methyl sites for hydroxylation is 2. The highest BCUT2D eigenvalue weighted by Crippen LogP contribution is 2.36. The van der Waals surface area contributed by atoms with Crippen molar-refractivity contribution >= 4 is 5.97 Å². The standard InChI is InChI=1S/C15H22N2O2/c1-9-4-5-12(8-9)15-16-10(2)13(11(3)17-15)6-7-14(18)19/h9,12H,4-8H2,1-3H3,(H,18,19). The molecule has 1 N–H and O–H groups in total. The van der Waals surface area contributed by atoms with Gasteiger partial charge in [-0.25, -0.2) is 9.97 Å². The van der Waals surface area contributed by atoms with E-state index in [0.29, 0.717) is 12.3 Å². The van der Waals surface area contributed by atoms with Gasteiger partial charge in [0.1, 0.15) is 5.82 Å². The number of carboxylic acid groups (broad SMARTS) is 1. The van der Waals surface area contributed by atoms with Gasteiger partial charge in [-0.2, -0.15) is 0 Å². The molecule has 0 saturated heterocycles. The number of hydrogen-bond acceptors (Lipinski definition) is 3. The molecule has 2 rings (SSSR count). The van der Waals surface area contributed by atoms with Gasteiger partial charge < -0.3 is 5.11 Å². The maximum Gasteiger partial charge on any atom is 0.303 e. The number of aromatic nitrogens is 2. The van der Waals surface area contributed by atoms with E-state index >= 15 is 0 Å². The van der Waals surface area contributed by atoms with Gasteiger partial charge in [-0.3, -0.25) is 4.79 Å². The fourth-order valence-corrected chi connectivity index (χ4v) is 2.98. The number of aliphatic carboxylic acids is 1. The van der Waals surface area contributed by atoms with E-state index in [1.165, 1.54) is 19.3 Å². The van der Waals surface area contributed by atoms with Gasteiger partial charge in [0.2, 0.25) is 0 Å². The summed E-state index contributed by atoms with van der Waals surface area (Å²) in [7, 11) is 0. The summed E-state index contributed by atoms with van der Waals surface area (Å²) in [6.07, 6.45) is 4.27. The van der Waals surface area contributed by atoms with Crippen LogP contribution in [0, 0.1) is 19.8 Å². The molecule has 1 heterocycles. The second kappa shape index (κ2) is 5.68. The summed E-state index contributed by atoms with van der Waals surface area (Å²) in [4.78, 5) is 19.9. The Labute approximate surface area is 114 Å². The smallest absolute Gasteiger partial charge is 0.303 e. The minimum atomic E-state index is -0.771. The summed E-state index contributed by atoms with van der Waals surface area (Å²) < 4.78 is 0. The topological polar surface area (TPSA) is 63.1 Å². The summed E-state index contributed by atoms with van der Waals surface area (Å²) in [5.41, 5.74) is 2.89. The number of carboxylic acids is 1. The Hall–Kier alpha value is -1.45. The second-order valence-corrected chi connectivity index (χ2v) is 5.74. The zero-order valence-corrected chi connectivity index (χ0v) is 11.9. The highest BCUT2D eigenvalue weighted by Gasteiger charge is 2.25. The Balaban J connectivity index is 2.19. The van der Waals surface area contributed by atoms with Crippen LogP contribution in [0.3, 0.4) is 0 Å². The van der Waals surface area contributed by atoms with Crippen LogP contribution in [0.2, 0.25) is 0 Å². The van der Waals surface area contributed by atoms with Crippen LogP contribution in [0.15, 0.2) is 0 Å². The van der Waals surface area contributed by atoms with Gasteiger partial charge in [0, 0.05) is 23.7 Å². The van der Waals surface area contributed by atoms with Gasteiger partial charge in [0.05, 0.1) is 0 Å². The predicted molar refractivity (Wildman–Crippen MR) is 73.2 cm³/mol. The van der Waals surface area contributed by atoms with Crippen LogP contribution in [-0.4, -0.2) is 21.0 Å². The third-order valence-electron chi connectivity index (χ3n) is 4.09. The van der Waals surface area contributed by atoms with Gasteiger partial charge in [-0.1, -0.05) is 6.92 Å². The van der Waals surface area contributed by atoms with Crippen molar-refractivity contribution in [1.29, 1.82) is 0 Å². The van der Waals surface area contributed by atoms with Crippen molar-refractivity contribution < 1.29 is 9.90 Å². The molecule has 1 saturated carbocycles. The first-order valence-electron chi connectivity index (χ1n) is 7.03. The van der Waals surface area contributed by atoms with E-state index in [9.17, 15) is 4.79 Å². The Bertz CT molecular complexity index is 462. The van der Waals surface area contributed by atoms with E-state index in [4.69, 9.17) is 5.11 Å². The van der Waals surface area contributed by atoms with Gasteiger partial charge in [-0.05, 0) is 51.0 Å². The molecule has 4 nitrogen and oxygen atoms in total. The maximum atomic E-state index is 10.7. The molecule has 0 amide bonds. The van der Waals surface area contributed by atoms with Gasteiger partial charge in [0.25, 0.3) is 0 Å². The molecular weight excluding hydrogens is 240 g/mol. The average Bonchev–Trinajstić information content (AvgIpc) is 2.74. The molecule has 0 spiro atoms. The highest BCUT2D eigenvalue weighted by atomic mass is 16.4. The molecule has 4 heteroatoms. The number of nitrogens with zero attached hydrogens (tertiary/aromatic N) is 2. The molecule has 0 aromatic carbocycles. The third kappa shape index (κ3) is 3.31. The van der Waals surface area contributed by atoms with Crippen molar-refractivity contribution in [3.05, 3.63) is 22.8 Å². The Morgan fingerprint density at radius 3 is 2.37 bits per heavy atom. The fourth-order valence-electron chi connectivity index (χ4n) is 2.98. The van der Waals surface area contributed by atoms with Crippen molar-refractivity contribution in [2.45, 2.75) is 58.8 Å². The van der Waals surface area contributed by atoms with Crippen molar-refractivity contribution in [3.8, 4) is 0 Å². The van der Waals surface area contributed by atoms with E-state index in [0.717, 1.165) is 28.7 Å². The molecule has 1 fully saturated rings. The minimum absolute atomic E-state index is 0.144. The van der Waals surface area contributed by atoms with Gasteiger partial charge >= 0.3 is 5.97 Å². The molecule has 0 bridgehead atoms. The molecule has 0 aliphatic heterocycles.